The Labute approximate surface area is 152 Å². The molecule has 0 aliphatic carbocycles. The number of benzene rings is 2. The fourth-order valence-electron chi connectivity index (χ4n) is 2.34. The normalized spacial score (nSPS) is 11.2. The van der Waals surface area contributed by atoms with Gasteiger partial charge in [0.15, 0.2) is 17.5 Å². The maximum atomic E-state index is 6.12. The van der Waals surface area contributed by atoms with E-state index in [4.69, 9.17) is 11.6 Å². The summed E-state index contributed by atoms with van der Waals surface area (Å²) < 4.78 is 0. The summed E-state index contributed by atoms with van der Waals surface area (Å²) in [5.74, 6) is 1.69. The summed E-state index contributed by atoms with van der Waals surface area (Å²) in [5, 5.41) is 0.631. The number of nitrogens with zero attached hydrogens (tertiary/aromatic N) is 3. The van der Waals surface area contributed by atoms with Crippen LogP contribution < -0.4 is 0 Å². The summed E-state index contributed by atoms with van der Waals surface area (Å²) in [5.41, 5.74) is 2.52. The average molecular weight is 346 g/mol. The van der Waals surface area contributed by atoms with E-state index in [1.165, 1.54) is 0 Å². The fraction of sp³-hybridized carbons (Fsp3) is 0. The van der Waals surface area contributed by atoms with Crippen LogP contribution >= 0.6 is 11.6 Å². The molecule has 2 aromatic carbocycles. The second kappa shape index (κ2) is 7.69. The van der Waals surface area contributed by atoms with Crippen LogP contribution in [0.15, 0.2) is 86.0 Å². The number of aromatic nitrogens is 3. The van der Waals surface area contributed by atoms with Gasteiger partial charge in [0, 0.05) is 21.7 Å². The summed E-state index contributed by atoms with van der Waals surface area (Å²) in [6.45, 7) is 7.57. The van der Waals surface area contributed by atoms with Crippen LogP contribution in [0.2, 0.25) is 5.02 Å². The molecule has 0 unspecified atom stereocenters. The molecule has 0 N–H and O–H groups in total. The highest BCUT2D eigenvalue weighted by molar-refractivity contribution is 6.30. The highest BCUT2D eigenvalue weighted by Crippen LogP contribution is 2.24. The SMILES string of the molecule is C=C/C=C(\C=C)c1nc(-c2ccccc2)nc(-c2cccc(Cl)c2)n1. The highest BCUT2D eigenvalue weighted by Gasteiger charge is 2.12. The van der Waals surface area contributed by atoms with Crippen LogP contribution in [0.1, 0.15) is 5.82 Å². The third-order valence-corrected chi connectivity index (χ3v) is 3.76. The lowest BCUT2D eigenvalue weighted by atomic mass is 10.1. The maximum absolute atomic E-state index is 6.12. The molecule has 0 fully saturated rings. The monoisotopic (exact) mass is 345 g/mol. The first-order chi connectivity index (χ1) is 12.2. The molecule has 0 spiro atoms. The van der Waals surface area contributed by atoms with Gasteiger partial charge in [0.1, 0.15) is 0 Å². The van der Waals surface area contributed by atoms with Crippen molar-refractivity contribution >= 4 is 17.2 Å². The van der Waals surface area contributed by atoms with Crippen molar-refractivity contribution in [3.8, 4) is 22.8 Å². The van der Waals surface area contributed by atoms with Crippen molar-refractivity contribution in [3.63, 3.8) is 0 Å². The number of rotatable bonds is 5. The third-order valence-electron chi connectivity index (χ3n) is 3.53. The van der Waals surface area contributed by atoms with Crippen molar-refractivity contribution in [2.24, 2.45) is 0 Å². The van der Waals surface area contributed by atoms with Crippen LogP contribution in [0.3, 0.4) is 0 Å². The molecule has 0 saturated carbocycles. The van der Waals surface area contributed by atoms with Gasteiger partial charge in [-0.15, -0.1) is 0 Å². The van der Waals surface area contributed by atoms with Crippen molar-refractivity contribution in [2.75, 3.05) is 0 Å². The van der Waals surface area contributed by atoms with E-state index in [0.29, 0.717) is 22.5 Å². The minimum atomic E-state index is 0.540. The minimum Gasteiger partial charge on any atom is -0.208 e. The van der Waals surface area contributed by atoms with E-state index in [0.717, 1.165) is 16.7 Å². The molecule has 3 aromatic rings. The van der Waals surface area contributed by atoms with Crippen molar-refractivity contribution in [1.82, 2.24) is 15.0 Å². The Morgan fingerprint density at radius 2 is 1.52 bits per heavy atom. The second-order valence-corrected chi connectivity index (χ2v) is 5.68. The molecular weight excluding hydrogens is 330 g/mol. The molecule has 3 nitrogen and oxygen atoms in total. The number of allylic oxidation sites excluding steroid dienone is 4. The molecule has 0 amide bonds. The zero-order valence-electron chi connectivity index (χ0n) is 13.6. The topological polar surface area (TPSA) is 38.7 Å². The Balaban J connectivity index is 2.23. The van der Waals surface area contributed by atoms with E-state index in [-0.39, 0.29) is 0 Å². The standard InChI is InChI=1S/C21H16ClN3/c1-3-9-15(4-2)19-23-20(16-10-6-5-7-11-16)25-21(24-19)17-12-8-13-18(22)14-17/h3-14H,1-2H2/b15-9+. The largest absolute Gasteiger partial charge is 0.208 e. The summed E-state index contributed by atoms with van der Waals surface area (Å²) in [7, 11) is 0. The first-order valence-corrected chi connectivity index (χ1v) is 8.12. The Bertz CT molecular complexity index is 946. The van der Waals surface area contributed by atoms with E-state index in [1.54, 1.807) is 12.2 Å². The Kier molecular flexibility index (Phi) is 5.17. The van der Waals surface area contributed by atoms with Crippen molar-refractivity contribution < 1.29 is 0 Å². The molecular formula is C21H16ClN3. The van der Waals surface area contributed by atoms with Gasteiger partial charge in [-0.3, -0.25) is 0 Å². The van der Waals surface area contributed by atoms with E-state index >= 15 is 0 Å². The van der Waals surface area contributed by atoms with Gasteiger partial charge in [-0.25, -0.2) is 15.0 Å². The Morgan fingerprint density at radius 3 is 2.16 bits per heavy atom. The van der Waals surface area contributed by atoms with E-state index < -0.39 is 0 Å². The molecule has 1 heterocycles. The third kappa shape index (κ3) is 3.90. The fourth-order valence-corrected chi connectivity index (χ4v) is 2.53. The van der Waals surface area contributed by atoms with Crippen LogP contribution in [0.5, 0.6) is 0 Å². The molecule has 25 heavy (non-hydrogen) atoms. The van der Waals surface area contributed by atoms with Gasteiger partial charge in [-0.1, -0.05) is 85.5 Å². The van der Waals surface area contributed by atoms with Crippen molar-refractivity contribution in [3.05, 3.63) is 96.8 Å². The lowest BCUT2D eigenvalue weighted by Gasteiger charge is -2.08. The van der Waals surface area contributed by atoms with Crippen LogP contribution in [0.25, 0.3) is 28.3 Å². The number of halogens is 1. The van der Waals surface area contributed by atoms with E-state index in [1.807, 2.05) is 60.7 Å². The predicted molar refractivity (Wildman–Crippen MR) is 104 cm³/mol. The molecule has 0 aliphatic heterocycles. The molecule has 0 radical (unpaired) electrons. The Morgan fingerprint density at radius 1 is 0.840 bits per heavy atom. The van der Waals surface area contributed by atoms with Gasteiger partial charge in [0.25, 0.3) is 0 Å². The molecule has 4 heteroatoms. The van der Waals surface area contributed by atoms with Gasteiger partial charge in [-0.2, -0.15) is 0 Å². The summed E-state index contributed by atoms with van der Waals surface area (Å²) in [4.78, 5) is 13.8. The van der Waals surface area contributed by atoms with E-state index in [2.05, 4.69) is 28.1 Å². The van der Waals surface area contributed by atoms with Gasteiger partial charge in [0.2, 0.25) is 0 Å². The maximum Gasteiger partial charge on any atom is 0.164 e. The van der Waals surface area contributed by atoms with Crippen LogP contribution in [0, 0.1) is 0 Å². The number of hydrogen-bond donors (Lipinski definition) is 0. The smallest absolute Gasteiger partial charge is 0.164 e. The zero-order chi connectivity index (χ0) is 17.6. The van der Waals surface area contributed by atoms with Crippen molar-refractivity contribution in [1.29, 1.82) is 0 Å². The summed E-state index contributed by atoms with van der Waals surface area (Å²) in [6, 6.07) is 17.2. The molecule has 0 aliphatic rings. The molecule has 0 atom stereocenters. The van der Waals surface area contributed by atoms with Gasteiger partial charge in [0.05, 0.1) is 0 Å². The average Bonchev–Trinajstić information content (AvgIpc) is 2.66. The van der Waals surface area contributed by atoms with Gasteiger partial charge >= 0.3 is 0 Å². The lowest BCUT2D eigenvalue weighted by molar-refractivity contribution is 1.04. The van der Waals surface area contributed by atoms with Gasteiger partial charge in [-0.05, 0) is 12.1 Å². The molecule has 0 saturated heterocycles. The van der Waals surface area contributed by atoms with Crippen LogP contribution in [-0.4, -0.2) is 15.0 Å². The molecule has 3 rings (SSSR count). The summed E-state index contributed by atoms with van der Waals surface area (Å²) in [6.07, 6.45) is 5.20. The number of hydrogen-bond acceptors (Lipinski definition) is 3. The quantitative estimate of drug-likeness (QED) is 0.564. The predicted octanol–water partition coefficient (Wildman–Crippen LogP) is 5.61. The molecule has 0 bridgehead atoms. The zero-order valence-corrected chi connectivity index (χ0v) is 14.3. The van der Waals surface area contributed by atoms with Gasteiger partial charge < -0.3 is 0 Å². The first kappa shape index (κ1) is 16.8. The van der Waals surface area contributed by atoms with Crippen LogP contribution in [-0.2, 0) is 0 Å². The molecule has 122 valence electrons. The Hall–Kier alpha value is -3.04. The van der Waals surface area contributed by atoms with E-state index in [9.17, 15) is 0 Å². The lowest BCUT2D eigenvalue weighted by Crippen LogP contribution is -2.02. The minimum absolute atomic E-state index is 0.540. The first-order valence-electron chi connectivity index (χ1n) is 7.74. The second-order valence-electron chi connectivity index (χ2n) is 5.24. The molecule has 1 aromatic heterocycles. The highest BCUT2D eigenvalue weighted by atomic mass is 35.5. The summed E-state index contributed by atoms with van der Waals surface area (Å²) >= 11 is 6.12. The van der Waals surface area contributed by atoms with Crippen LogP contribution in [0.4, 0.5) is 0 Å². The van der Waals surface area contributed by atoms with Crippen molar-refractivity contribution in [2.45, 2.75) is 0 Å².